The topological polar surface area (TPSA) is 17.1 Å². The lowest BCUT2D eigenvalue weighted by Crippen LogP contribution is -2.06. The first kappa shape index (κ1) is 13.3. The summed E-state index contributed by atoms with van der Waals surface area (Å²) in [5.74, 6) is 2.28. The Morgan fingerprint density at radius 2 is 1.82 bits per heavy atom. The molecule has 0 radical (unpaired) electrons. The molecule has 0 aliphatic heterocycles. The van der Waals surface area contributed by atoms with Gasteiger partial charge >= 0.3 is 6.18 Å². The molecule has 1 aromatic rings. The van der Waals surface area contributed by atoms with Crippen molar-refractivity contribution in [3.8, 4) is 12.3 Å². The standard InChI is InChI=1S/C13H11F3O/c1-2-3-4-12(17)9-10-5-7-11(8-6-10)13(14,15)16/h1,5-8H,3-4,9H2. The molecular weight excluding hydrogens is 229 g/mol. The van der Waals surface area contributed by atoms with Crippen LogP contribution < -0.4 is 0 Å². The maximum Gasteiger partial charge on any atom is 0.416 e. The average Bonchev–Trinajstić information content (AvgIpc) is 2.26. The number of Topliss-reactive ketones (excluding diaryl/α,β-unsaturated/α-hetero) is 1. The first-order valence-corrected chi connectivity index (χ1v) is 5.05. The van der Waals surface area contributed by atoms with Crippen LogP contribution in [0.1, 0.15) is 24.0 Å². The number of carbonyl (C=O) groups excluding carboxylic acids is 1. The predicted octanol–water partition coefficient (Wildman–Crippen LogP) is 3.23. The third-order valence-corrected chi connectivity index (χ3v) is 2.23. The van der Waals surface area contributed by atoms with Crippen molar-refractivity contribution in [2.24, 2.45) is 0 Å². The van der Waals surface area contributed by atoms with Crippen LogP contribution in [0.2, 0.25) is 0 Å². The number of hydrogen-bond donors (Lipinski definition) is 0. The molecule has 1 nitrogen and oxygen atoms in total. The molecular formula is C13H11F3O. The molecule has 17 heavy (non-hydrogen) atoms. The number of benzene rings is 1. The lowest BCUT2D eigenvalue weighted by Gasteiger charge is -2.07. The molecule has 0 atom stereocenters. The van der Waals surface area contributed by atoms with Gasteiger partial charge in [-0.2, -0.15) is 13.2 Å². The zero-order valence-electron chi connectivity index (χ0n) is 9.05. The highest BCUT2D eigenvalue weighted by atomic mass is 19.4. The largest absolute Gasteiger partial charge is 0.416 e. The minimum Gasteiger partial charge on any atom is -0.299 e. The summed E-state index contributed by atoms with van der Waals surface area (Å²) in [6.07, 6.45) is 1.42. The Morgan fingerprint density at radius 1 is 1.24 bits per heavy atom. The Balaban J connectivity index is 2.63. The first-order valence-electron chi connectivity index (χ1n) is 5.05. The monoisotopic (exact) mass is 240 g/mol. The molecule has 0 bridgehead atoms. The highest BCUT2D eigenvalue weighted by Gasteiger charge is 2.29. The van der Waals surface area contributed by atoms with Crippen LogP contribution in [0.25, 0.3) is 0 Å². The summed E-state index contributed by atoms with van der Waals surface area (Å²) < 4.78 is 36.8. The van der Waals surface area contributed by atoms with Gasteiger partial charge in [0, 0.05) is 19.3 Å². The van der Waals surface area contributed by atoms with Crippen molar-refractivity contribution in [2.75, 3.05) is 0 Å². The quantitative estimate of drug-likeness (QED) is 0.738. The van der Waals surface area contributed by atoms with Gasteiger partial charge in [-0.3, -0.25) is 4.79 Å². The molecule has 0 aliphatic rings. The Labute approximate surface area is 97.6 Å². The van der Waals surface area contributed by atoms with Crippen LogP contribution in [-0.4, -0.2) is 5.78 Å². The minimum atomic E-state index is -4.34. The van der Waals surface area contributed by atoms with E-state index >= 15 is 0 Å². The van der Waals surface area contributed by atoms with Gasteiger partial charge in [0.2, 0.25) is 0 Å². The van der Waals surface area contributed by atoms with Gasteiger partial charge in [-0.15, -0.1) is 12.3 Å². The van der Waals surface area contributed by atoms with Crippen LogP contribution in [0.15, 0.2) is 24.3 Å². The molecule has 0 spiro atoms. The fraction of sp³-hybridized carbons (Fsp3) is 0.308. The summed E-state index contributed by atoms with van der Waals surface area (Å²) in [6, 6.07) is 4.58. The lowest BCUT2D eigenvalue weighted by atomic mass is 10.0. The molecule has 0 amide bonds. The van der Waals surface area contributed by atoms with Crippen LogP contribution >= 0.6 is 0 Å². The summed E-state index contributed by atoms with van der Waals surface area (Å²) in [5.41, 5.74) is -0.141. The molecule has 0 fully saturated rings. The predicted molar refractivity (Wildman–Crippen MR) is 58.2 cm³/mol. The Hall–Kier alpha value is -1.76. The van der Waals surface area contributed by atoms with E-state index in [1.807, 2.05) is 0 Å². The first-order chi connectivity index (χ1) is 7.93. The summed E-state index contributed by atoms with van der Waals surface area (Å²) >= 11 is 0. The summed E-state index contributed by atoms with van der Waals surface area (Å²) in [6.45, 7) is 0. The molecule has 4 heteroatoms. The van der Waals surface area contributed by atoms with Gasteiger partial charge in [0.05, 0.1) is 5.56 Å². The highest BCUT2D eigenvalue weighted by molar-refractivity contribution is 5.81. The Bertz CT molecular complexity index is 423. The molecule has 0 N–H and O–H groups in total. The van der Waals surface area contributed by atoms with Crippen LogP contribution in [0, 0.1) is 12.3 Å². The number of carbonyl (C=O) groups is 1. The molecule has 1 rings (SSSR count). The summed E-state index contributed by atoms with van der Waals surface area (Å²) in [4.78, 5) is 11.3. The number of hydrogen-bond acceptors (Lipinski definition) is 1. The number of halogens is 3. The molecule has 0 aromatic heterocycles. The average molecular weight is 240 g/mol. The van der Waals surface area contributed by atoms with Gasteiger partial charge in [-0.1, -0.05) is 12.1 Å². The van der Waals surface area contributed by atoms with E-state index in [0.717, 1.165) is 12.1 Å². The molecule has 0 saturated carbocycles. The summed E-state index contributed by atoms with van der Waals surface area (Å²) in [5, 5.41) is 0. The number of ketones is 1. The van der Waals surface area contributed by atoms with E-state index < -0.39 is 11.7 Å². The molecule has 90 valence electrons. The van der Waals surface area contributed by atoms with Crippen molar-refractivity contribution in [1.29, 1.82) is 0 Å². The van der Waals surface area contributed by atoms with E-state index in [0.29, 0.717) is 12.0 Å². The second-order valence-electron chi connectivity index (χ2n) is 3.61. The zero-order chi connectivity index (χ0) is 12.9. The van der Waals surface area contributed by atoms with Crippen molar-refractivity contribution in [3.63, 3.8) is 0 Å². The zero-order valence-corrected chi connectivity index (χ0v) is 9.05. The highest BCUT2D eigenvalue weighted by Crippen LogP contribution is 2.29. The Morgan fingerprint density at radius 3 is 2.29 bits per heavy atom. The van der Waals surface area contributed by atoms with Crippen molar-refractivity contribution in [1.82, 2.24) is 0 Å². The molecule has 1 aromatic carbocycles. The molecule has 0 saturated heterocycles. The maximum atomic E-state index is 12.3. The van der Waals surface area contributed by atoms with Crippen LogP contribution in [0.3, 0.4) is 0 Å². The lowest BCUT2D eigenvalue weighted by molar-refractivity contribution is -0.137. The fourth-order valence-electron chi connectivity index (χ4n) is 1.34. The third-order valence-electron chi connectivity index (χ3n) is 2.23. The van der Waals surface area contributed by atoms with E-state index in [-0.39, 0.29) is 18.6 Å². The van der Waals surface area contributed by atoms with Crippen molar-refractivity contribution in [3.05, 3.63) is 35.4 Å². The van der Waals surface area contributed by atoms with Crippen molar-refractivity contribution < 1.29 is 18.0 Å². The van der Waals surface area contributed by atoms with E-state index in [4.69, 9.17) is 6.42 Å². The van der Waals surface area contributed by atoms with Crippen LogP contribution in [0.5, 0.6) is 0 Å². The van der Waals surface area contributed by atoms with Gasteiger partial charge < -0.3 is 0 Å². The minimum absolute atomic E-state index is 0.0669. The normalized spacial score (nSPS) is 10.9. The van der Waals surface area contributed by atoms with E-state index in [9.17, 15) is 18.0 Å². The number of alkyl halides is 3. The molecule has 0 heterocycles. The van der Waals surface area contributed by atoms with Gasteiger partial charge in [0.15, 0.2) is 0 Å². The number of terminal acetylenes is 1. The van der Waals surface area contributed by atoms with Gasteiger partial charge in [0.25, 0.3) is 0 Å². The number of rotatable bonds is 4. The van der Waals surface area contributed by atoms with E-state index in [2.05, 4.69) is 5.92 Å². The molecule has 0 unspecified atom stereocenters. The van der Waals surface area contributed by atoms with Gasteiger partial charge in [0.1, 0.15) is 5.78 Å². The van der Waals surface area contributed by atoms with Crippen molar-refractivity contribution >= 4 is 5.78 Å². The SMILES string of the molecule is C#CCCC(=O)Cc1ccc(C(F)(F)F)cc1. The second-order valence-corrected chi connectivity index (χ2v) is 3.61. The van der Waals surface area contributed by atoms with Crippen molar-refractivity contribution in [2.45, 2.75) is 25.4 Å². The third kappa shape index (κ3) is 4.31. The van der Waals surface area contributed by atoms with Crippen LogP contribution in [0.4, 0.5) is 13.2 Å². The maximum absolute atomic E-state index is 12.3. The molecule has 0 aliphatic carbocycles. The Kier molecular flexibility index (Phi) is 4.33. The van der Waals surface area contributed by atoms with E-state index in [1.54, 1.807) is 0 Å². The van der Waals surface area contributed by atoms with Gasteiger partial charge in [-0.25, -0.2) is 0 Å². The summed E-state index contributed by atoms with van der Waals surface area (Å²) in [7, 11) is 0. The second kappa shape index (κ2) is 5.53. The van der Waals surface area contributed by atoms with Gasteiger partial charge in [-0.05, 0) is 17.7 Å². The van der Waals surface area contributed by atoms with E-state index in [1.165, 1.54) is 12.1 Å². The smallest absolute Gasteiger partial charge is 0.299 e. The fourth-order valence-corrected chi connectivity index (χ4v) is 1.34. The van der Waals surface area contributed by atoms with Crippen LogP contribution in [-0.2, 0) is 17.4 Å².